The van der Waals surface area contributed by atoms with Crippen LogP contribution in [0.1, 0.15) is 5.56 Å². The first-order chi connectivity index (χ1) is 7.86. The van der Waals surface area contributed by atoms with Gasteiger partial charge in [0.2, 0.25) is 0 Å². The number of fused-ring (bicyclic) bond motifs is 1. The van der Waals surface area contributed by atoms with Gasteiger partial charge in [-0.15, -0.1) is 12.1 Å². The predicted molar refractivity (Wildman–Crippen MR) is 62.0 cm³/mol. The molecule has 0 amide bonds. The molecule has 0 fully saturated rings. The minimum Gasteiger partial charge on any atom is -0.366 e. The summed E-state index contributed by atoms with van der Waals surface area (Å²) in [5.41, 5.74) is 3.95. The molecule has 4 heteroatoms. The first-order valence-corrected chi connectivity index (χ1v) is 5.14. The van der Waals surface area contributed by atoms with Crippen LogP contribution in [0.25, 0.3) is 16.9 Å². The fourth-order valence-electron chi connectivity index (χ4n) is 1.74. The molecule has 0 saturated heterocycles. The summed E-state index contributed by atoms with van der Waals surface area (Å²) in [4.78, 5) is 4.27. The largest absolute Gasteiger partial charge is 0.366 e. The van der Waals surface area contributed by atoms with Crippen molar-refractivity contribution >= 4 is 5.65 Å². The van der Waals surface area contributed by atoms with Crippen molar-refractivity contribution in [3.05, 3.63) is 54.4 Å². The molecule has 0 aliphatic carbocycles. The summed E-state index contributed by atoms with van der Waals surface area (Å²) < 4.78 is 1.82. The summed E-state index contributed by atoms with van der Waals surface area (Å²) in [5, 5.41) is 4.30. The summed E-state index contributed by atoms with van der Waals surface area (Å²) in [6.45, 7) is 2.02. The van der Waals surface area contributed by atoms with E-state index in [1.165, 1.54) is 0 Å². The second-order valence-corrected chi connectivity index (χ2v) is 3.69. The average Bonchev–Trinajstić information content (AvgIpc) is 2.75. The van der Waals surface area contributed by atoms with E-state index in [-0.39, 0.29) is 32.7 Å². The van der Waals surface area contributed by atoms with Gasteiger partial charge in [0.1, 0.15) is 0 Å². The number of hydrogen-bond donors (Lipinski definition) is 0. The van der Waals surface area contributed by atoms with Gasteiger partial charge in [-0.3, -0.25) is 4.52 Å². The maximum absolute atomic E-state index is 4.30. The fraction of sp³-hybridized carbons (Fsp3) is 0.0769. The Morgan fingerprint density at radius 1 is 1.12 bits per heavy atom. The van der Waals surface area contributed by atoms with Crippen LogP contribution in [0.15, 0.2) is 42.6 Å². The second-order valence-electron chi connectivity index (χ2n) is 3.69. The molecule has 0 aliphatic rings. The molecule has 2 aromatic heterocycles. The molecule has 17 heavy (non-hydrogen) atoms. The molecule has 0 N–H and O–H groups in total. The van der Waals surface area contributed by atoms with Gasteiger partial charge < -0.3 is 4.98 Å². The zero-order valence-corrected chi connectivity index (χ0v) is 12.3. The van der Waals surface area contributed by atoms with E-state index in [9.17, 15) is 0 Å². The Bertz CT molecular complexity index is 631. The first kappa shape index (κ1) is 12.4. The van der Waals surface area contributed by atoms with E-state index in [0.717, 1.165) is 22.5 Å². The molecule has 0 aliphatic heterocycles. The molecule has 3 aromatic rings. The van der Waals surface area contributed by atoms with Crippen molar-refractivity contribution in [2.45, 2.75) is 6.92 Å². The van der Waals surface area contributed by atoms with Gasteiger partial charge in [-0.1, -0.05) is 35.5 Å². The second kappa shape index (κ2) is 5.07. The molecule has 0 atom stereocenters. The minimum absolute atomic E-state index is 0. The zero-order chi connectivity index (χ0) is 11.0. The van der Waals surface area contributed by atoms with E-state index in [2.05, 4.69) is 16.3 Å². The summed E-state index contributed by atoms with van der Waals surface area (Å²) in [6, 6.07) is 12.0. The van der Waals surface area contributed by atoms with Crippen LogP contribution in [0, 0.1) is 13.1 Å². The number of hydrogen-bond acceptors (Lipinski definition) is 2. The summed E-state index contributed by atoms with van der Waals surface area (Å²) >= 11 is 0. The minimum atomic E-state index is 0. The third-order valence-electron chi connectivity index (χ3n) is 2.59. The average molecular weight is 297 g/mol. The van der Waals surface area contributed by atoms with Crippen molar-refractivity contribution in [1.29, 1.82) is 0 Å². The number of nitrogens with zero attached hydrogens (tertiary/aromatic N) is 3. The molecule has 0 spiro atoms. The van der Waals surface area contributed by atoms with E-state index in [1.54, 1.807) is 6.20 Å². The summed E-state index contributed by atoms with van der Waals surface area (Å²) in [5.74, 6) is 0. The smallest absolute Gasteiger partial charge is 0.0539 e. The van der Waals surface area contributed by atoms with E-state index < -0.39 is 0 Å². The SMILES string of the molecule is Cc1ccnn2c(-c3ccccc3)[c-]nc12.[Y]. The Morgan fingerprint density at radius 2 is 1.88 bits per heavy atom. The van der Waals surface area contributed by atoms with Gasteiger partial charge in [0.25, 0.3) is 0 Å². The third-order valence-corrected chi connectivity index (χ3v) is 2.59. The van der Waals surface area contributed by atoms with Crippen molar-refractivity contribution in [3.8, 4) is 11.3 Å². The van der Waals surface area contributed by atoms with Crippen molar-refractivity contribution in [2.75, 3.05) is 0 Å². The van der Waals surface area contributed by atoms with Crippen LogP contribution in [-0.2, 0) is 32.7 Å². The Morgan fingerprint density at radius 3 is 2.65 bits per heavy atom. The fourth-order valence-corrected chi connectivity index (χ4v) is 1.74. The quantitative estimate of drug-likeness (QED) is 0.646. The molecule has 81 valence electrons. The third kappa shape index (κ3) is 2.17. The Hall–Kier alpha value is -1.06. The molecule has 3 rings (SSSR count). The summed E-state index contributed by atoms with van der Waals surface area (Å²) in [6.07, 6.45) is 4.80. The van der Waals surface area contributed by atoms with Crippen LogP contribution in [0.4, 0.5) is 0 Å². The monoisotopic (exact) mass is 297 g/mol. The number of benzene rings is 1. The van der Waals surface area contributed by atoms with Crippen LogP contribution in [0.5, 0.6) is 0 Å². The molecule has 2 heterocycles. The number of imidazole rings is 1. The molecule has 1 aromatic carbocycles. The van der Waals surface area contributed by atoms with Gasteiger partial charge in [-0.2, -0.15) is 5.10 Å². The normalized spacial score (nSPS) is 10.2. The van der Waals surface area contributed by atoms with Crippen LogP contribution < -0.4 is 0 Å². The van der Waals surface area contributed by atoms with Gasteiger partial charge in [0.05, 0.1) is 5.65 Å². The van der Waals surface area contributed by atoms with Crippen molar-refractivity contribution in [2.24, 2.45) is 0 Å². The van der Waals surface area contributed by atoms with Crippen molar-refractivity contribution < 1.29 is 32.7 Å². The number of aryl methyl sites for hydroxylation is 1. The van der Waals surface area contributed by atoms with Gasteiger partial charge in [-0.05, 0) is 18.7 Å². The molecule has 1 radical (unpaired) electrons. The molecule has 0 bridgehead atoms. The maximum Gasteiger partial charge on any atom is 0.0539 e. The standard InChI is InChI=1S/C13H10N3.Y/c1-10-7-8-15-16-12(9-14-13(10)16)11-5-3-2-4-6-11;/h2-8H,1H3;/q-1;. The Balaban J connectivity index is 0.00000108. The van der Waals surface area contributed by atoms with E-state index >= 15 is 0 Å². The van der Waals surface area contributed by atoms with Crippen LogP contribution >= 0.6 is 0 Å². The maximum atomic E-state index is 4.30. The molecule has 0 unspecified atom stereocenters. The first-order valence-electron chi connectivity index (χ1n) is 5.14. The molecule has 3 nitrogen and oxygen atoms in total. The Kier molecular flexibility index (Phi) is 3.70. The number of aromatic nitrogens is 3. The van der Waals surface area contributed by atoms with Crippen molar-refractivity contribution in [1.82, 2.24) is 14.6 Å². The van der Waals surface area contributed by atoms with E-state index in [0.29, 0.717) is 0 Å². The predicted octanol–water partition coefficient (Wildman–Crippen LogP) is 2.50. The van der Waals surface area contributed by atoms with Crippen LogP contribution in [-0.4, -0.2) is 14.6 Å². The zero-order valence-electron chi connectivity index (χ0n) is 9.46. The van der Waals surface area contributed by atoms with Crippen LogP contribution in [0.3, 0.4) is 0 Å². The van der Waals surface area contributed by atoms with Gasteiger partial charge in [0, 0.05) is 38.9 Å². The van der Waals surface area contributed by atoms with Crippen LogP contribution in [0.2, 0.25) is 0 Å². The summed E-state index contributed by atoms with van der Waals surface area (Å²) in [7, 11) is 0. The molecular formula is C13H10N3Y-. The van der Waals surface area contributed by atoms with Gasteiger partial charge in [0.15, 0.2) is 0 Å². The van der Waals surface area contributed by atoms with E-state index in [1.807, 2.05) is 47.8 Å². The topological polar surface area (TPSA) is 30.2 Å². The van der Waals surface area contributed by atoms with E-state index in [4.69, 9.17) is 0 Å². The van der Waals surface area contributed by atoms with Crippen molar-refractivity contribution in [3.63, 3.8) is 0 Å². The van der Waals surface area contributed by atoms with Gasteiger partial charge >= 0.3 is 0 Å². The van der Waals surface area contributed by atoms with Gasteiger partial charge in [-0.25, -0.2) is 0 Å². The molecular weight excluding hydrogens is 287 g/mol. The number of rotatable bonds is 1. The molecule has 0 saturated carbocycles. The Labute approximate surface area is 125 Å².